The van der Waals surface area contributed by atoms with Gasteiger partial charge in [-0.15, -0.1) is 24.0 Å². The second-order valence-electron chi connectivity index (χ2n) is 3.03. The van der Waals surface area contributed by atoms with E-state index < -0.39 is 0 Å². The van der Waals surface area contributed by atoms with E-state index in [1.165, 1.54) is 5.56 Å². The lowest BCUT2D eigenvalue weighted by atomic mass is 10.0. The van der Waals surface area contributed by atoms with E-state index in [0.717, 1.165) is 11.1 Å². The molecule has 0 saturated heterocycles. The van der Waals surface area contributed by atoms with Crippen molar-refractivity contribution in [1.82, 2.24) is 4.98 Å². The van der Waals surface area contributed by atoms with E-state index in [2.05, 4.69) is 11.1 Å². The zero-order chi connectivity index (χ0) is 9.80. The Kier molecular flexibility index (Phi) is 4.60. The van der Waals surface area contributed by atoms with Gasteiger partial charge in [0.2, 0.25) is 0 Å². The number of nitrogens with zero attached hydrogens (tertiary/aromatic N) is 1. The summed E-state index contributed by atoms with van der Waals surface area (Å²) in [6.45, 7) is 0. The fourth-order valence-corrected chi connectivity index (χ4v) is 1.68. The number of aromatic nitrogens is 1. The molecule has 0 aliphatic rings. The summed E-state index contributed by atoms with van der Waals surface area (Å²) < 4.78 is 0. The third kappa shape index (κ3) is 2.71. The van der Waals surface area contributed by atoms with Crippen LogP contribution in [0.2, 0.25) is 0 Å². The smallest absolute Gasteiger partial charge is 0.0480 e. The largest absolute Gasteiger partial charge is 0.265 e. The lowest BCUT2D eigenvalue weighted by Crippen LogP contribution is -1.85. The molecule has 0 N–H and O–H groups in total. The van der Waals surface area contributed by atoms with Gasteiger partial charge in [-0.1, -0.05) is 24.3 Å². The molecule has 0 aliphatic carbocycles. The number of hydrogen-bond donors (Lipinski definition) is 0. The minimum Gasteiger partial charge on any atom is -0.265 e. The van der Waals surface area contributed by atoms with E-state index in [9.17, 15) is 0 Å². The summed E-state index contributed by atoms with van der Waals surface area (Å²) >= 11 is 5.87. The topological polar surface area (TPSA) is 12.9 Å². The highest BCUT2D eigenvalue weighted by atomic mass is 35.5. The molecule has 78 valence electrons. The summed E-state index contributed by atoms with van der Waals surface area (Å²) in [6, 6.07) is 12.1. The Morgan fingerprint density at radius 3 is 2.33 bits per heavy atom. The molecular formula is C12H11Cl2N. The molecule has 0 aliphatic heterocycles. The zero-order valence-electron chi connectivity index (χ0n) is 8.06. The van der Waals surface area contributed by atoms with Gasteiger partial charge in [0.05, 0.1) is 0 Å². The molecule has 3 heteroatoms. The predicted octanol–water partition coefficient (Wildman–Crippen LogP) is 3.91. The second kappa shape index (κ2) is 5.74. The van der Waals surface area contributed by atoms with Crippen molar-refractivity contribution in [3.63, 3.8) is 0 Å². The van der Waals surface area contributed by atoms with E-state index in [1.807, 2.05) is 30.3 Å². The van der Waals surface area contributed by atoms with Crippen LogP contribution in [0.25, 0.3) is 11.1 Å². The molecule has 15 heavy (non-hydrogen) atoms. The molecule has 0 radical (unpaired) electrons. The SMILES string of the molecule is Cl.ClCc1ccccc1-c1ccncc1. The third-order valence-electron chi connectivity index (χ3n) is 2.15. The Balaban J connectivity index is 0.00000112. The predicted molar refractivity (Wildman–Crippen MR) is 66.5 cm³/mol. The first-order valence-electron chi connectivity index (χ1n) is 4.46. The highest BCUT2D eigenvalue weighted by Gasteiger charge is 2.01. The normalized spacial score (nSPS) is 9.40. The van der Waals surface area contributed by atoms with Crippen LogP contribution in [0.5, 0.6) is 0 Å². The number of alkyl halides is 1. The average molecular weight is 240 g/mol. The Morgan fingerprint density at radius 2 is 1.67 bits per heavy atom. The van der Waals surface area contributed by atoms with Crippen LogP contribution >= 0.6 is 24.0 Å². The van der Waals surface area contributed by atoms with Gasteiger partial charge in [-0.05, 0) is 28.8 Å². The van der Waals surface area contributed by atoms with Gasteiger partial charge in [0.15, 0.2) is 0 Å². The maximum Gasteiger partial charge on any atom is 0.0480 e. The lowest BCUT2D eigenvalue weighted by molar-refractivity contribution is 1.32. The number of pyridine rings is 1. The van der Waals surface area contributed by atoms with Crippen molar-refractivity contribution < 1.29 is 0 Å². The van der Waals surface area contributed by atoms with Crippen LogP contribution in [-0.4, -0.2) is 4.98 Å². The standard InChI is InChI=1S/C12H10ClN.ClH/c13-9-11-3-1-2-4-12(11)10-5-7-14-8-6-10;/h1-8H,9H2;1H. The third-order valence-corrected chi connectivity index (χ3v) is 2.44. The monoisotopic (exact) mass is 239 g/mol. The molecule has 1 aromatic heterocycles. The van der Waals surface area contributed by atoms with Crippen molar-refractivity contribution in [1.29, 1.82) is 0 Å². The Morgan fingerprint density at radius 1 is 1.00 bits per heavy atom. The first kappa shape index (κ1) is 12.0. The summed E-state index contributed by atoms with van der Waals surface area (Å²) in [4.78, 5) is 3.99. The highest BCUT2D eigenvalue weighted by molar-refractivity contribution is 6.17. The molecule has 0 spiro atoms. The summed E-state index contributed by atoms with van der Waals surface area (Å²) in [7, 11) is 0. The summed E-state index contributed by atoms with van der Waals surface area (Å²) in [5, 5.41) is 0. The summed E-state index contributed by atoms with van der Waals surface area (Å²) in [5.74, 6) is 0.540. The molecule has 0 amide bonds. The average Bonchev–Trinajstić information content (AvgIpc) is 2.30. The molecule has 0 unspecified atom stereocenters. The van der Waals surface area contributed by atoms with Crippen LogP contribution in [0.4, 0.5) is 0 Å². The van der Waals surface area contributed by atoms with Crippen LogP contribution in [0.15, 0.2) is 48.8 Å². The van der Waals surface area contributed by atoms with Gasteiger partial charge >= 0.3 is 0 Å². The van der Waals surface area contributed by atoms with Gasteiger partial charge < -0.3 is 0 Å². The molecule has 0 atom stereocenters. The molecule has 1 heterocycles. The number of benzene rings is 1. The fourth-order valence-electron chi connectivity index (χ4n) is 1.45. The maximum absolute atomic E-state index is 5.87. The van der Waals surface area contributed by atoms with Crippen molar-refractivity contribution in [3.8, 4) is 11.1 Å². The molecule has 1 aromatic carbocycles. The summed E-state index contributed by atoms with van der Waals surface area (Å²) in [6.07, 6.45) is 3.58. The highest BCUT2D eigenvalue weighted by Crippen LogP contribution is 2.23. The minimum absolute atomic E-state index is 0. The van der Waals surface area contributed by atoms with Gasteiger partial charge in [0.25, 0.3) is 0 Å². The van der Waals surface area contributed by atoms with Crippen LogP contribution in [-0.2, 0) is 5.88 Å². The van der Waals surface area contributed by atoms with Gasteiger partial charge in [-0.3, -0.25) is 4.98 Å². The van der Waals surface area contributed by atoms with Gasteiger partial charge in [0, 0.05) is 18.3 Å². The minimum atomic E-state index is 0. The van der Waals surface area contributed by atoms with Crippen LogP contribution in [0, 0.1) is 0 Å². The molecular weight excluding hydrogens is 229 g/mol. The van der Waals surface area contributed by atoms with Crippen molar-refractivity contribution in [2.24, 2.45) is 0 Å². The van der Waals surface area contributed by atoms with Crippen molar-refractivity contribution in [2.75, 3.05) is 0 Å². The second-order valence-corrected chi connectivity index (χ2v) is 3.29. The maximum atomic E-state index is 5.87. The van der Waals surface area contributed by atoms with Crippen LogP contribution in [0.1, 0.15) is 5.56 Å². The number of hydrogen-bond acceptors (Lipinski definition) is 1. The van der Waals surface area contributed by atoms with Crippen molar-refractivity contribution in [2.45, 2.75) is 5.88 Å². The van der Waals surface area contributed by atoms with Crippen LogP contribution in [0.3, 0.4) is 0 Å². The molecule has 0 fully saturated rings. The number of halogens is 2. The quantitative estimate of drug-likeness (QED) is 0.725. The molecule has 2 rings (SSSR count). The van der Waals surface area contributed by atoms with Crippen molar-refractivity contribution in [3.05, 3.63) is 54.4 Å². The van der Waals surface area contributed by atoms with E-state index in [0.29, 0.717) is 5.88 Å². The molecule has 2 aromatic rings. The molecule has 0 bridgehead atoms. The van der Waals surface area contributed by atoms with Crippen molar-refractivity contribution >= 4 is 24.0 Å². The first-order valence-corrected chi connectivity index (χ1v) is 4.99. The summed E-state index contributed by atoms with van der Waals surface area (Å²) in [5.41, 5.74) is 3.50. The van der Waals surface area contributed by atoms with Crippen LogP contribution < -0.4 is 0 Å². The zero-order valence-corrected chi connectivity index (χ0v) is 9.63. The molecule has 0 saturated carbocycles. The fraction of sp³-hybridized carbons (Fsp3) is 0.0833. The van der Waals surface area contributed by atoms with E-state index >= 15 is 0 Å². The first-order chi connectivity index (χ1) is 6.92. The Hall–Kier alpha value is -1.05. The lowest BCUT2D eigenvalue weighted by Gasteiger charge is -2.05. The van der Waals surface area contributed by atoms with E-state index in [4.69, 9.17) is 11.6 Å². The Bertz CT molecular complexity index is 415. The molecule has 1 nitrogen and oxygen atoms in total. The Labute approximate surface area is 101 Å². The van der Waals surface area contributed by atoms with E-state index in [-0.39, 0.29) is 12.4 Å². The number of rotatable bonds is 2. The van der Waals surface area contributed by atoms with Gasteiger partial charge in [-0.2, -0.15) is 0 Å². The van der Waals surface area contributed by atoms with E-state index in [1.54, 1.807) is 12.4 Å². The van der Waals surface area contributed by atoms with Gasteiger partial charge in [0.1, 0.15) is 0 Å². The van der Waals surface area contributed by atoms with Gasteiger partial charge in [-0.25, -0.2) is 0 Å².